The molecule has 5 rings (SSSR count). The Morgan fingerprint density at radius 2 is 1.81 bits per heavy atom. The fourth-order valence-corrected chi connectivity index (χ4v) is 4.01. The molecule has 0 spiro atoms. The summed E-state index contributed by atoms with van der Waals surface area (Å²) in [4.78, 5) is 36.2. The van der Waals surface area contributed by atoms with Gasteiger partial charge in [0.2, 0.25) is 0 Å². The van der Waals surface area contributed by atoms with Crippen LogP contribution in [0.2, 0.25) is 0 Å². The second-order valence-corrected chi connectivity index (χ2v) is 7.76. The molecule has 0 fully saturated rings. The van der Waals surface area contributed by atoms with Crippen LogP contribution in [-0.4, -0.2) is 25.4 Å². The second kappa shape index (κ2) is 7.90. The maximum absolute atomic E-state index is 12.8. The molecule has 2 heterocycles. The molecule has 0 radical (unpaired) electrons. The summed E-state index contributed by atoms with van der Waals surface area (Å²) < 4.78 is 1.82. The Kier molecular flexibility index (Phi) is 4.91. The van der Waals surface area contributed by atoms with E-state index in [4.69, 9.17) is 12.2 Å². The van der Waals surface area contributed by atoms with Crippen molar-refractivity contribution < 1.29 is 4.79 Å². The molecule has 0 aliphatic carbocycles. The lowest BCUT2D eigenvalue weighted by molar-refractivity contribution is 0.102. The number of carbonyl (C=O) groups is 1. The number of anilines is 1. The van der Waals surface area contributed by atoms with Crippen molar-refractivity contribution in [2.75, 3.05) is 5.32 Å². The van der Waals surface area contributed by atoms with E-state index in [1.165, 1.54) is 4.57 Å². The van der Waals surface area contributed by atoms with E-state index in [9.17, 15) is 9.59 Å². The van der Waals surface area contributed by atoms with Crippen LogP contribution in [0.3, 0.4) is 0 Å². The van der Waals surface area contributed by atoms with Crippen molar-refractivity contribution in [3.63, 3.8) is 0 Å². The molecule has 0 saturated carbocycles. The topological polar surface area (TPSA) is 95.6 Å². The monoisotopic (exact) mass is 441 g/mol. The molecule has 0 aliphatic rings. The van der Waals surface area contributed by atoms with Crippen LogP contribution < -0.4 is 10.9 Å². The molecule has 5 aromatic rings. The number of hydrogen-bond donors (Lipinski definition) is 3. The minimum Gasteiger partial charge on any atom is -0.338 e. The number of nitrogens with zero attached hydrogens (tertiary/aromatic N) is 2. The zero-order valence-corrected chi connectivity index (χ0v) is 18.0. The van der Waals surface area contributed by atoms with Crippen molar-refractivity contribution in [1.82, 2.24) is 19.5 Å². The fourth-order valence-electron chi connectivity index (χ4n) is 3.69. The molecule has 3 N–H and O–H groups in total. The maximum Gasteiger partial charge on any atom is 0.262 e. The fraction of sp³-hybridized carbons (Fsp3) is 0.0833. The normalized spacial score (nSPS) is 11.2. The van der Waals surface area contributed by atoms with E-state index in [1.54, 1.807) is 18.2 Å². The molecule has 8 heteroatoms. The predicted octanol–water partition coefficient (Wildman–Crippen LogP) is 4.87. The van der Waals surface area contributed by atoms with Gasteiger partial charge in [0.25, 0.3) is 11.5 Å². The summed E-state index contributed by atoms with van der Waals surface area (Å²) in [7, 11) is 0. The number of hydrogen-bond acceptors (Lipinski definition) is 4. The molecule has 1 amide bonds. The number of rotatable bonds is 4. The van der Waals surface area contributed by atoms with Gasteiger partial charge in [0.15, 0.2) is 4.77 Å². The lowest BCUT2D eigenvalue weighted by Crippen LogP contribution is -2.21. The molecule has 0 saturated heterocycles. The number of H-pyrrole nitrogens is 2. The smallest absolute Gasteiger partial charge is 0.262 e. The number of amides is 1. The predicted molar refractivity (Wildman–Crippen MR) is 129 cm³/mol. The van der Waals surface area contributed by atoms with Gasteiger partial charge >= 0.3 is 0 Å². The molecule has 0 bridgehead atoms. The number of para-hydroxylation sites is 2. The van der Waals surface area contributed by atoms with Crippen LogP contribution in [0.25, 0.3) is 33.3 Å². The van der Waals surface area contributed by atoms with Crippen LogP contribution in [0.1, 0.15) is 17.3 Å². The Morgan fingerprint density at radius 3 is 2.56 bits per heavy atom. The first kappa shape index (κ1) is 19.9. The van der Waals surface area contributed by atoms with E-state index in [0.717, 1.165) is 22.4 Å². The van der Waals surface area contributed by atoms with Crippen molar-refractivity contribution in [2.24, 2.45) is 0 Å². The minimum absolute atomic E-state index is 0.167. The van der Waals surface area contributed by atoms with Crippen LogP contribution in [-0.2, 0) is 6.54 Å². The van der Waals surface area contributed by atoms with Crippen LogP contribution in [0.15, 0.2) is 71.5 Å². The zero-order chi connectivity index (χ0) is 22.2. The van der Waals surface area contributed by atoms with Crippen molar-refractivity contribution in [3.05, 3.63) is 87.4 Å². The molecule has 158 valence electrons. The van der Waals surface area contributed by atoms with Crippen molar-refractivity contribution in [3.8, 4) is 11.4 Å². The van der Waals surface area contributed by atoms with E-state index >= 15 is 0 Å². The standard InChI is InChI=1S/C24H19N5O2S/c1-2-29-23(31)17-12-9-15(13-20(17)28-24(29)32)22(30)25-16-10-7-14(8-11-16)21-26-18-5-3-4-6-19(18)27-21/h3-13H,2H2,1H3,(H,25,30)(H,26,27)(H,28,32). The third-order valence-electron chi connectivity index (χ3n) is 5.37. The van der Waals surface area contributed by atoms with Crippen molar-refractivity contribution >= 4 is 45.7 Å². The lowest BCUT2D eigenvalue weighted by atomic mass is 10.1. The third-order valence-corrected chi connectivity index (χ3v) is 5.69. The van der Waals surface area contributed by atoms with Gasteiger partial charge in [-0.25, -0.2) is 4.98 Å². The van der Waals surface area contributed by atoms with Gasteiger partial charge in [-0.1, -0.05) is 12.1 Å². The van der Waals surface area contributed by atoms with E-state index in [2.05, 4.69) is 20.3 Å². The number of nitrogens with one attached hydrogen (secondary N) is 3. The minimum atomic E-state index is -0.276. The summed E-state index contributed by atoms with van der Waals surface area (Å²) in [6.07, 6.45) is 0. The highest BCUT2D eigenvalue weighted by atomic mass is 32.1. The van der Waals surface area contributed by atoms with Gasteiger partial charge < -0.3 is 15.3 Å². The molecule has 7 nitrogen and oxygen atoms in total. The van der Waals surface area contributed by atoms with E-state index in [0.29, 0.717) is 33.5 Å². The number of aromatic nitrogens is 4. The molecular weight excluding hydrogens is 422 g/mol. The maximum atomic E-state index is 12.8. The van der Waals surface area contributed by atoms with Crippen LogP contribution in [0, 0.1) is 4.77 Å². The van der Waals surface area contributed by atoms with Crippen molar-refractivity contribution in [1.29, 1.82) is 0 Å². The lowest BCUT2D eigenvalue weighted by Gasteiger charge is -2.08. The summed E-state index contributed by atoms with van der Waals surface area (Å²) in [6.45, 7) is 2.34. The van der Waals surface area contributed by atoms with Crippen molar-refractivity contribution in [2.45, 2.75) is 13.5 Å². The summed E-state index contributed by atoms with van der Waals surface area (Å²) in [6, 6.07) is 20.2. The molecular formula is C24H19N5O2S. The SMILES string of the molecule is CCn1c(=S)[nH]c2cc(C(=O)Nc3ccc(-c4nc5ccccc5[nH]4)cc3)ccc2c1=O. The van der Waals surface area contributed by atoms with Gasteiger partial charge in [-0.3, -0.25) is 14.2 Å². The highest BCUT2D eigenvalue weighted by Gasteiger charge is 2.11. The number of imidazole rings is 1. The number of aromatic amines is 2. The molecule has 2 aromatic heterocycles. The van der Waals surface area contributed by atoms with Gasteiger partial charge in [-0.15, -0.1) is 0 Å². The van der Waals surface area contributed by atoms with Gasteiger partial charge in [0.05, 0.1) is 21.9 Å². The van der Waals surface area contributed by atoms with Gasteiger partial charge in [-0.2, -0.15) is 0 Å². The number of carbonyl (C=O) groups excluding carboxylic acids is 1. The molecule has 0 unspecified atom stereocenters. The molecule has 0 aliphatic heterocycles. The van der Waals surface area contributed by atoms with Crippen LogP contribution in [0.5, 0.6) is 0 Å². The Labute approximate surface area is 187 Å². The first-order chi connectivity index (χ1) is 15.5. The quantitative estimate of drug-likeness (QED) is 0.347. The Bertz CT molecular complexity index is 1560. The first-order valence-electron chi connectivity index (χ1n) is 10.2. The highest BCUT2D eigenvalue weighted by molar-refractivity contribution is 7.71. The average molecular weight is 442 g/mol. The number of benzene rings is 3. The second-order valence-electron chi connectivity index (χ2n) is 7.37. The zero-order valence-electron chi connectivity index (χ0n) is 17.2. The Hall–Kier alpha value is -4.04. The number of fused-ring (bicyclic) bond motifs is 2. The molecule has 0 atom stereocenters. The van der Waals surface area contributed by atoms with Gasteiger partial charge in [0.1, 0.15) is 5.82 Å². The highest BCUT2D eigenvalue weighted by Crippen LogP contribution is 2.22. The van der Waals surface area contributed by atoms with Crippen LogP contribution >= 0.6 is 12.2 Å². The first-order valence-corrected chi connectivity index (χ1v) is 10.6. The summed E-state index contributed by atoms with van der Waals surface area (Å²) in [5, 5.41) is 3.38. The van der Waals surface area contributed by atoms with Gasteiger partial charge in [-0.05, 0) is 73.7 Å². The Morgan fingerprint density at radius 1 is 1.03 bits per heavy atom. The van der Waals surface area contributed by atoms with Gasteiger partial charge in [0, 0.05) is 23.4 Å². The van der Waals surface area contributed by atoms with E-state index in [-0.39, 0.29) is 11.5 Å². The van der Waals surface area contributed by atoms with E-state index in [1.807, 2.05) is 55.5 Å². The molecule has 3 aromatic carbocycles. The largest absolute Gasteiger partial charge is 0.338 e. The Balaban J connectivity index is 1.39. The third kappa shape index (κ3) is 3.50. The summed E-state index contributed by atoms with van der Waals surface area (Å²) >= 11 is 5.25. The van der Waals surface area contributed by atoms with Crippen LogP contribution in [0.4, 0.5) is 5.69 Å². The summed E-state index contributed by atoms with van der Waals surface area (Å²) in [5.74, 6) is 0.494. The van der Waals surface area contributed by atoms with E-state index < -0.39 is 0 Å². The summed E-state index contributed by atoms with van der Waals surface area (Å²) in [5.41, 5.74) is 4.26. The average Bonchev–Trinajstić information content (AvgIpc) is 3.24. The molecule has 32 heavy (non-hydrogen) atoms.